The molecular formula is C12H18ClNO4S. The van der Waals surface area contributed by atoms with Gasteiger partial charge in [-0.2, -0.15) is 4.31 Å². The van der Waals surface area contributed by atoms with Crippen LogP contribution >= 0.6 is 11.6 Å². The van der Waals surface area contributed by atoms with Crippen molar-refractivity contribution in [2.45, 2.75) is 37.1 Å². The van der Waals surface area contributed by atoms with Gasteiger partial charge in [0.2, 0.25) is 10.0 Å². The third kappa shape index (κ3) is 2.81. The summed E-state index contributed by atoms with van der Waals surface area (Å²) in [5.41, 5.74) is 0. The van der Waals surface area contributed by atoms with Gasteiger partial charge in [0.1, 0.15) is 16.4 Å². The number of halogens is 1. The molecule has 5 nitrogen and oxygen atoms in total. The molecule has 108 valence electrons. The molecule has 0 aliphatic carbocycles. The quantitative estimate of drug-likeness (QED) is 0.800. The van der Waals surface area contributed by atoms with Crippen LogP contribution in [-0.2, 0) is 20.6 Å². The van der Waals surface area contributed by atoms with Crippen LogP contribution in [0, 0.1) is 6.92 Å². The van der Waals surface area contributed by atoms with E-state index in [0.29, 0.717) is 31.3 Å². The maximum absolute atomic E-state index is 12.7. The van der Waals surface area contributed by atoms with E-state index in [2.05, 4.69) is 0 Å². The molecule has 0 aromatic carbocycles. The summed E-state index contributed by atoms with van der Waals surface area (Å²) in [7, 11) is -3.54. The third-order valence-corrected chi connectivity index (χ3v) is 5.61. The molecule has 1 aliphatic heterocycles. The van der Waals surface area contributed by atoms with E-state index in [-0.39, 0.29) is 16.8 Å². The highest BCUT2D eigenvalue weighted by molar-refractivity contribution is 7.89. The fourth-order valence-electron chi connectivity index (χ4n) is 2.25. The van der Waals surface area contributed by atoms with Crippen molar-refractivity contribution in [3.8, 4) is 0 Å². The minimum atomic E-state index is -3.54. The second kappa shape index (κ2) is 5.83. The van der Waals surface area contributed by atoms with E-state index in [1.165, 1.54) is 10.4 Å². The van der Waals surface area contributed by atoms with Gasteiger partial charge in [0.25, 0.3) is 0 Å². The lowest BCUT2D eigenvalue weighted by atomic mass is 10.2. The topological polar surface area (TPSA) is 59.8 Å². The summed E-state index contributed by atoms with van der Waals surface area (Å²) in [6.45, 7) is 4.84. The number of nitrogens with zero attached hydrogens (tertiary/aromatic N) is 1. The molecule has 1 aromatic rings. The Bertz CT molecular complexity index is 540. The first-order chi connectivity index (χ1) is 9.00. The van der Waals surface area contributed by atoms with Crippen LogP contribution in [0.25, 0.3) is 0 Å². The Morgan fingerprint density at radius 3 is 2.84 bits per heavy atom. The molecule has 19 heavy (non-hydrogen) atoms. The molecule has 0 saturated carbocycles. The first-order valence-electron chi connectivity index (χ1n) is 6.25. The van der Waals surface area contributed by atoms with Crippen LogP contribution in [0.3, 0.4) is 0 Å². The van der Waals surface area contributed by atoms with Crippen molar-refractivity contribution in [2.75, 3.05) is 19.8 Å². The van der Waals surface area contributed by atoms with E-state index in [4.69, 9.17) is 20.8 Å². The monoisotopic (exact) mass is 307 g/mol. The van der Waals surface area contributed by atoms with Gasteiger partial charge in [-0.05, 0) is 13.3 Å². The molecule has 0 spiro atoms. The van der Waals surface area contributed by atoms with Gasteiger partial charge in [0.15, 0.2) is 0 Å². The number of furan rings is 1. The lowest BCUT2D eigenvalue weighted by Crippen LogP contribution is -2.48. The maximum Gasteiger partial charge on any atom is 0.246 e. The highest BCUT2D eigenvalue weighted by Crippen LogP contribution is 2.27. The molecule has 0 radical (unpaired) electrons. The average Bonchev–Trinajstić information content (AvgIpc) is 2.80. The van der Waals surface area contributed by atoms with Crippen LogP contribution in [0.4, 0.5) is 0 Å². The highest BCUT2D eigenvalue weighted by atomic mass is 35.5. The normalized spacial score (nSPS) is 21.7. The van der Waals surface area contributed by atoms with Crippen molar-refractivity contribution < 1.29 is 17.6 Å². The number of morpholine rings is 1. The number of rotatable bonds is 4. The minimum Gasteiger partial charge on any atom is -0.464 e. The summed E-state index contributed by atoms with van der Waals surface area (Å²) in [5, 5.41) is 0. The lowest BCUT2D eigenvalue weighted by Gasteiger charge is -2.33. The summed E-state index contributed by atoms with van der Waals surface area (Å²) in [6.07, 6.45) is 0.721. The van der Waals surface area contributed by atoms with Crippen molar-refractivity contribution in [3.63, 3.8) is 0 Å². The average molecular weight is 308 g/mol. The molecule has 1 aliphatic rings. The van der Waals surface area contributed by atoms with Gasteiger partial charge in [0.05, 0.1) is 19.1 Å². The van der Waals surface area contributed by atoms with Crippen molar-refractivity contribution in [1.82, 2.24) is 4.31 Å². The van der Waals surface area contributed by atoms with E-state index in [0.717, 1.165) is 6.42 Å². The molecule has 1 fully saturated rings. The Kier molecular flexibility index (Phi) is 4.55. The zero-order valence-electron chi connectivity index (χ0n) is 11.1. The van der Waals surface area contributed by atoms with Crippen LogP contribution in [0.1, 0.15) is 24.9 Å². The Labute approximate surface area is 118 Å². The summed E-state index contributed by atoms with van der Waals surface area (Å²) in [4.78, 5) is 0.212. The Morgan fingerprint density at radius 2 is 2.26 bits per heavy atom. The van der Waals surface area contributed by atoms with Gasteiger partial charge >= 0.3 is 0 Å². The zero-order chi connectivity index (χ0) is 14.0. The number of aryl methyl sites for hydroxylation is 1. The lowest BCUT2D eigenvalue weighted by molar-refractivity contribution is 0.0314. The largest absolute Gasteiger partial charge is 0.464 e. The second-order valence-corrected chi connectivity index (χ2v) is 6.65. The Balaban J connectivity index is 2.37. The van der Waals surface area contributed by atoms with Crippen LogP contribution in [0.5, 0.6) is 0 Å². The number of ether oxygens (including phenoxy) is 1. The Hall–Kier alpha value is -0.560. The van der Waals surface area contributed by atoms with Crippen molar-refractivity contribution in [2.24, 2.45) is 0 Å². The smallest absolute Gasteiger partial charge is 0.246 e. The molecular weight excluding hydrogens is 290 g/mol. The molecule has 2 rings (SSSR count). The summed E-state index contributed by atoms with van der Waals surface area (Å²) in [6, 6.07) is 1.40. The van der Waals surface area contributed by atoms with Gasteiger partial charge in [-0.1, -0.05) is 6.92 Å². The molecule has 0 bridgehead atoms. The molecule has 1 aromatic heterocycles. The predicted molar refractivity (Wildman–Crippen MR) is 71.8 cm³/mol. The second-order valence-electron chi connectivity index (χ2n) is 4.52. The first-order valence-corrected chi connectivity index (χ1v) is 8.23. The number of hydrogen-bond acceptors (Lipinski definition) is 4. The van der Waals surface area contributed by atoms with Crippen LogP contribution in [0.15, 0.2) is 15.4 Å². The molecule has 0 N–H and O–H groups in total. The van der Waals surface area contributed by atoms with Gasteiger partial charge in [-0.15, -0.1) is 11.6 Å². The van der Waals surface area contributed by atoms with Gasteiger partial charge in [-0.25, -0.2) is 8.42 Å². The van der Waals surface area contributed by atoms with Gasteiger partial charge in [-0.3, -0.25) is 0 Å². The van der Waals surface area contributed by atoms with Crippen molar-refractivity contribution in [1.29, 1.82) is 0 Å². The van der Waals surface area contributed by atoms with Crippen LogP contribution in [-0.4, -0.2) is 38.5 Å². The Morgan fingerprint density at radius 1 is 1.53 bits per heavy atom. The molecule has 7 heteroatoms. The molecule has 0 amide bonds. The standard InChI is InChI=1S/C12H18ClNO4S/c1-3-10-8-17-5-4-14(10)19(15,16)12-6-11(7-13)18-9(12)2/h6,10H,3-5,7-8H2,1-2H3. The molecule has 1 atom stereocenters. The number of hydrogen-bond donors (Lipinski definition) is 0. The van der Waals surface area contributed by atoms with Crippen LogP contribution < -0.4 is 0 Å². The summed E-state index contributed by atoms with van der Waals surface area (Å²) in [5.74, 6) is 1.02. The molecule has 1 saturated heterocycles. The van der Waals surface area contributed by atoms with E-state index in [1.54, 1.807) is 6.92 Å². The van der Waals surface area contributed by atoms with Crippen LogP contribution in [0.2, 0.25) is 0 Å². The highest BCUT2D eigenvalue weighted by Gasteiger charge is 2.35. The SMILES string of the molecule is CCC1COCCN1S(=O)(=O)c1cc(CCl)oc1C. The number of alkyl halides is 1. The minimum absolute atomic E-state index is 0.118. The zero-order valence-corrected chi connectivity index (χ0v) is 12.6. The third-order valence-electron chi connectivity index (χ3n) is 3.29. The van der Waals surface area contributed by atoms with E-state index >= 15 is 0 Å². The maximum atomic E-state index is 12.7. The number of sulfonamides is 1. The van der Waals surface area contributed by atoms with Crippen molar-refractivity contribution >= 4 is 21.6 Å². The summed E-state index contributed by atoms with van der Waals surface area (Å²) < 4.78 is 37.5. The fraction of sp³-hybridized carbons (Fsp3) is 0.667. The first kappa shape index (κ1) is 14.8. The van der Waals surface area contributed by atoms with E-state index < -0.39 is 10.0 Å². The van der Waals surface area contributed by atoms with Gasteiger partial charge in [0, 0.05) is 18.7 Å². The fourth-order valence-corrected chi connectivity index (χ4v) is 4.24. The molecule has 2 heterocycles. The summed E-state index contributed by atoms with van der Waals surface area (Å²) >= 11 is 5.68. The van der Waals surface area contributed by atoms with E-state index in [9.17, 15) is 8.42 Å². The van der Waals surface area contributed by atoms with E-state index in [1.807, 2.05) is 6.92 Å². The van der Waals surface area contributed by atoms with Gasteiger partial charge < -0.3 is 9.15 Å². The molecule has 1 unspecified atom stereocenters. The van der Waals surface area contributed by atoms with Crippen molar-refractivity contribution in [3.05, 3.63) is 17.6 Å². The predicted octanol–water partition coefficient (Wildman–Crippen LogP) is 2.13.